The Kier molecular flexibility index (Phi) is 5.36. The minimum absolute atomic E-state index is 0.0560. The third kappa shape index (κ3) is 3.77. The maximum atomic E-state index is 12.4. The average molecular weight is 381 g/mol. The predicted octanol–water partition coefficient (Wildman–Crippen LogP) is 1.92. The summed E-state index contributed by atoms with van der Waals surface area (Å²) in [6, 6.07) is 5.03. The van der Waals surface area contributed by atoms with Gasteiger partial charge in [-0.1, -0.05) is 11.6 Å². The Bertz CT molecular complexity index is 738. The van der Waals surface area contributed by atoms with E-state index in [0.29, 0.717) is 10.8 Å². The second-order valence-corrected chi connectivity index (χ2v) is 7.37. The van der Waals surface area contributed by atoms with Gasteiger partial charge in [-0.2, -0.15) is 0 Å². The highest BCUT2D eigenvalue weighted by atomic mass is 35.5. The molecule has 0 aromatic heterocycles. The van der Waals surface area contributed by atoms with E-state index < -0.39 is 29.6 Å². The first kappa shape index (κ1) is 18.5. The number of hydrogen-bond donors (Lipinski definition) is 3. The lowest BCUT2D eigenvalue weighted by Gasteiger charge is -2.26. The molecule has 0 radical (unpaired) electrons. The number of amides is 2. The van der Waals surface area contributed by atoms with Crippen molar-refractivity contribution in [1.82, 2.24) is 10.9 Å². The van der Waals surface area contributed by atoms with Gasteiger partial charge in [0.15, 0.2) is 6.61 Å². The summed E-state index contributed by atoms with van der Waals surface area (Å²) < 4.78 is 5.35. The minimum Gasteiger partial charge on any atom is -0.484 e. The number of hydrogen-bond acceptors (Lipinski definition) is 4. The van der Waals surface area contributed by atoms with E-state index in [4.69, 9.17) is 16.3 Å². The van der Waals surface area contributed by atoms with E-state index in [-0.39, 0.29) is 18.4 Å². The number of carboxylic acid groups (broad SMARTS) is 1. The summed E-state index contributed by atoms with van der Waals surface area (Å²) in [7, 11) is 0. The Morgan fingerprint density at radius 1 is 1.19 bits per heavy atom. The summed E-state index contributed by atoms with van der Waals surface area (Å²) in [4.78, 5) is 35.7. The van der Waals surface area contributed by atoms with Gasteiger partial charge < -0.3 is 9.84 Å². The summed E-state index contributed by atoms with van der Waals surface area (Å²) in [6.45, 7) is 1.55. The normalized spacial score (nSPS) is 26.4. The summed E-state index contributed by atoms with van der Waals surface area (Å²) in [5, 5.41) is 9.99. The van der Waals surface area contributed by atoms with Crippen LogP contribution in [0, 0.1) is 30.6 Å². The lowest BCUT2D eigenvalue weighted by molar-refractivity contribution is -0.150. The predicted molar refractivity (Wildman–Crippen MR) is 93.4 cm³/mol. The summed E-state index contributed by atoms with van der Waals surface area (Å²) in [5.41, 5.74) is 5.47. The van der Waals surface area contributed by atoms with Crippen molar-refractivity contribution in [3.63, 3.8) is 0 Å². The molecule has 1 aromatic carbocycles. The third-order valence-corrected chi connectivity index (χ3v) is 5.75. The zero-order valence-corrected chi connectivity index (χ0v) is 15.1. The molecule has 2 aliphatic carbocycles. The molecule has 2 aliphatic rings. The Morgan fingerprint density at radius 3 is 2.54 bits per heavy atom. The van der Waals surface area contributed by atoms with Crippen LogP contribution in [0.5, 0.6) is 5.75 Å². The van der Waals surface area contributed by atoms with Crippen LogP contribution in [0.15, 0.2) is 18.2 Å². The van der Waals surface area contributed by atoms with Crippen LogP contribution in [-0.2, 0) is 14.4 Å². The van der Waals surface area contributed by atoms with Crippen molar-refractivity contribution in [2.45, 2.75) is 26.2 Å². The smallest absolute Gasteiger partial charge is 0.307 e. The largest absolute Gasteiger partial charge is 0.484 e. The fraction of sp³-hybridized carbons (Fsp3) is 0.500. The van der Waals surface area contributed by atoms with Crippen molar-refractivity contribution in [3.05, 3.63) is 28.8 Å². The van der Waals surface area contributed by atoms with Gasteiger partial charge in [-0.15, -0.1) is 0 Å². The summed E-state index contributed by atoms with van der Waals surface area (Å²) >= 11 is 5.93. The van der Waals surface area contributed by atoms with Crippen molar-refractivity contribution in [2.75, 3.05) is 6.61 Å². The summed E-state index contributed by atoms with van der Waals surface area (Å²) in [6.07, 6.45) is 2.48. The maximum Gasteiger partial charge on any atom is 0.307 e. The van der Waals surface area contributed by atoms with Gasteiger partial charge in [-0.25, -0.2) is 0 Å². The van der Waals surface area contributed by atoms with Crippen molar-refractivity contribution in [1.29, 1.82) is 0 Å². The standard InChI is InChI=1S/C18H21ClN2O5/c1-9-6-12(4-5-13(9)19)26-8-14(22)20-21-17(23)15-10-2-3-11(7-10)16(15)18(24)25/h4-6,10-11,15-16H,2-3,7-8H2,1H3,(H,20,22)(H,21,23)(H,24,25)/t10-,11-,15+,16-/m0/s1. The van der Waals surface area contributed by atoms with E-state index in [2.05, 4.69) is 10.9 Å². The Balaban J connectivity index is 1.49. The number of benzene rings is 1. The van der Waals surface area contributed by atoms with Gasteiger partial charge in [0.05, 0.1) is 11.8 Å². The topological polar surface area (TPSA) is 105 Å². The highest BCUT2D eigenvalue weighted by Crippen LogP contribution is 2.52. The van der Waals surface area contributed by atoms with E-state index >= 15 is 0 Å². The van der Waals surface area contributed by atoms with E-state index in [1.807, 2.05) is 6.92 Å². The zero-order valence-electron chi connectivity index (χ0n) is 14.3. The molecule has 0 spiro atoms. The molecule has 0 heterocycles. The Labute approximate surface area is 156 Å². The molecule has 2 saturated carbocycles. The number of rotatable bonds is 5. The number of carbonyl (C=O) groups excluding carboxylic acids is 2. The van der Waals surface area contributed by atoms with Gasteiger partial charge in [0, 0.05) is 5.02 Å². The van der Waals surface area contributed by atoms with Gasteiger partial charge in [-0.05, 0) is 61.8 Å². The van der Waals surface area contributed by atoms with Gasteiger partial charge in [0.2, 0.25) is 5.91 Å². The molecular weight excluding hydrogens is 360 g/mol. The van der Waals surface area contributed by atoms with Crippen LogP contribution < -0.4 is 15.6 Å². The molecular formula is C18H21ClN2O5. The van der Waals surface area contributed by atoms with E-state index in [1.54, 1.807) is 18.2 Å². The van der Waals surface area contributed by atoms with Crippen LogP contribution in [0.3, 0.4) is 0 Å². The zero-order chi connectivity index (χ0) is 18.8. The molecule has 7 nitrogen and oxygen atoms in total. The number of hydrazine groups is 1. The molecule has 2 bridgehead atoms. The number of ether oxygens (including phenoxy) is 1. The quantitative estimate of drug-likeness (QED) is 0.677. The molecule has 1 aromatic rings. The molecule has 0 saturated heterocycles. The fourth-order valence-electron chi connectivity index (χ4n) is 4.13. The molecule has 26 heavy (non-hydrogen) atoms. The Hall–Kier alpha value is -2.28. The first-order chi connectivity index (χ1) is 12.4. The number of halogens is 1. The van der Waals surface area contributed by atoms with Gasteiger partial charge in [0.1, 0.15) is 5.75 Å². The maximum absolute atomic E-state index is 12.4. The lowest BCUT2D eigenvalue weighted by Crippen LogP contribution is -2.49. The molecule has 0 aliphatic heterocycles. The van der Waals surface area contributed by atoms with Crippen molar-refractivity contribution >= 4 is 29.4 Å². The number of carbonyl (C=O) groups is 3. The number of fused-ring (bicyclic) bond motifs is 2. The molecule has 0 unspecified atom stereocenters. The Morgan fingerprint density at radius 2 is 1.88 bits per heavy atom. The highest BCUT2D eigenvalue weighted by Gasteiger charge is 2.54. The van der Waals surface area contributed by atoms with Crippen molar-refractivity contribution in [3.8, 4) is 5.75 Å². The SMILES string of the molecule is Cc1cc(OCC(=O)NNC(=O)[C@@H]2[C@H]3CC[C@@H](C3)[C@@H]2C(=O)O)ccc1Cl. The van der Waals surface area contributed by atoms with E-state index in [9.17, 15) is 19.5 Å². The monoisotopic (exact) mass is 380 g/mol. The minimum atomic E-state index is -0.940. The molecule has 3 rings (SSSR count). The first-order valence-electron chi connectivity index (χ1n) is 8.57. The molecule has 4 atom stereocenters. The molecule has 2 amide bonds. The molecule has 2 fully saturated rings. The van der Waals surface area contributed by atoms with Gasteiger partial charge in [-0.3, -0.25) is 25.2 Å². The van der Waals surface area contributed by atoms with Crippen molar-refractivity contribution < 1.29 is 24.2 Å². The van der Waals surface area contributed by atoms with Crippen LogP contribution in [0.4, 0.5) is 0 Å². The van der Waals surface area contributed by atoms with Gasteiger partial charge >= 0.3 is 5.97 Å². The number of aryl methyl sites for hydroxylation is 1. The number of carboxylic acids is 1. The van der Waals surface area contributed by atoms with Gasteiger partial charge in [0.25, 0.3) is 5.91 Å². The summed E-state index contributed by atoms with van der Waals surface area (Å²) in [5.74, 6) is -2.55. The van der Waals surface area contributed by atoms with Crippen LogP contribution in [-0.4, -0.2) is 29.5 Å². The second kappa shape index (κ2) is 7.53. The van der Waals surface area contributed by atoms with Crippen LogP contribution in [0.2, 0.25) is 5.02 Å². The van der Waals surface area contributed by atoms with Crippen LogP contribution in [0.1, 0.15) is 24.8 Å². The third-order valence-electron chi connectivity index (χ3n) is 5.33. The van der Waals surface area contributed by atoms with E-state index in [1.165, 1.54) is 0 Å². The number of aliphatic carboxylic acids is 1. The second-order valence-electron chi connectivity index (χ2n) is 6.96. The highest BCUT2D eigenvalue weighted by molar-refractivity contribution is 6.31. The van der Waals surface area contributed by atoms with Crippen LogP contribution >= 0.6 is 11.6 Å². The van der Waals surface area contributed by atoms with E-state index in [0.717, 1.165) is 24.8 Å². The average Bonchev–Trinajstić information content (AvgIpc) is 3.21. The fourth-order valence-corrected chi connectivity index (χ4v) is 4.25. The van der Waals surface area contributed by atoms with Crippen molar-refractivity contribution in [2.24, 2.45) is 23.7 Å². The molecule has 140 valence electrons. The lowest BCUT2D eigenvalue weighted by atomic mass is 9.79. The first-order valence-corrected chi connectivity index (χ1v) is 8.95. The number of nitrogens with one attached hydrogen (secondary N) is 2. The molecule has 3 N–H and O–H groups in total. The molecule has 8 heteroatoms. The van der Waals surface area contributed by atoms with Crippen LogP contribution in [0.25, 0.3) is 0 Å².